The zero-order valence-corrected chi connectivity index (χ0v) is 24.9. The van der Waals surface area contributed by atoms with Gasteiger partial charge in [-0.2, -0.15) is 0 Å². The molecule has 0 spiro atoms. The summed E-state index contributed by atoms with van der Waals surface area (Å²) in [6, 6.07) is 22.5. The van der Waals surface area contributed by atoms with Crippen molar-refractivity contribution in [1.82, 2.24) is 20.1 Å². The first-order valence-electron chi connectivity index (χ1n) is 14.6. The fraction of sp³-hybridized carbons (Fsp3) is 0.353. The molecule has 0 bridgehead atoms. The maximum atomic E-state index is 13.9. The van der Waals surface area contributed by atoms with Gasteiger partial charge in [0.1, 0.15) is 6.04 Å². The van der Waals surface area contributed by atoms with Crippen LogP contribution >= 0.6 is 0 Å². The SMILES string of the molecule is Cc1ccccc1C1(O)CCN(C(=O)N[C@@H](C(=O)Nc2cccc(CN(C)C)c2)[C@@H](C)c2c[nH]c3ccccc23)CC1. The number of carbonyl (C=O) groups is 2. The number of para-hydroxylation sites is 1. The molecule has 1 aliphatic rings. The summed E-state index contributed by atoms with van der Waals surface area (Å²) in [5, 5.41) is 18.5. The van der Waals surface area contributed by atoms with Gasteiger partial charge in [0, 0.05) is 48.3 Å². The van der Waals surface area contributed by atoms with Crippen molar-refractivity contribution in [2.45, 2.75) is 50.8 Å². The molecule has 2 heterocycles. The Morgan fingerprint density at radius 3 is 2.48 bits per heavy atom. The molecule has 1 fully saturated rings. The molecular formula is C34H41N5O3. The molecule has 0 radical (unpaired) electrons. The minimum atomic E-state index is -0.978. The van der Waals surface area contributed by atoms with Gasteiger partial charge in [0.2, 0.25) is 5.91 Å². The minimum Gasteiger partial charge on any atom is -0.385 e. The van der Waals surface area contributed by atoms with E-state index in [4.69, 9.17) is 0 Å². The van der Waals surface area contributed by atoms with E-state index < -0.39 is 11.6 Å². The van der Waals surface area contributed by atoms with Gasteiger partial charge in [-0.15, -0.1) is 0 Å². The lowest BCUT2D eigenvalue weighted by molar-refractivity contribution is -0.118. The lowest BCUT2D eigenvalue weighted by atomic mass is 9.82. The fourth-order valence-corrected chi connectivity index (χ4v) is 6.07. The summed E-state index contributed by atoms with van der Waals surface area (Å²) in [7, 11) is 4.00. The number of nitrogens with zero attached hydrogens (tertiary/aromatic N) is 2. The summed E-state index contributed by atoms with van der Waals surface area (Å²) >= 11 is 0. The normalized spacial score (nSPS) is 16.3. The molecule has 0 saturated carbocycles. The van der Waals surface area contributed by atoms with Crippen LogP contribution in [0.2, 0.25) is 0 Å². The van der Waals surface area contributed by atoms with Crippen LogP contribution in [0.15, 0.2) is 79.0 Å². The number of fused-ring (bicyclic) bond motifs is 1. The van der Waals surface area contributed by atoms with Crippen LogP contribution in [0.25, 0.3) is 10.9 Å². The van der Waals surface area contributed by atoms with E-state index in [0.29, 0.717) is 31.6 Å². The Balaban J connectivity index is 1.35. The maximum absolute atomic E-state index is 13.9. The number of aromatic nitrogens is 1. The Bertz CT molecular complexity index is 1550. The summed E-state index contributed by atoms with van der Waals surface area (Å²) in [5.74, 6) is -0.597. The van der Waals surface area contributed by atoms with Gasteiger partial charge in [-0.3, -0.25) is 4.79 Å². The fourth-order valence-electron chi connectivity index (χ4n) is 6.07. The molecule has 3 aromatic carbocycles. The molecular weight excluding hydrogens is 526 g/mol. The van der Waals surface area contributed by atoms with E-state index >= 15 is 0 Å². The van der Waals surface area contributed by atoms with Gasteiger partial charge in [0.05, 0.1) is 5.60 Å². The third kappa shape index (κ3) is 6.35. The maximum Gasteiger partial charge on any atom is 0.318 e. The van der Waals surface area contributed by atoms with Crippen molar-refractivity contribution < 1.29 is 14.7 Å². The largest absolute Gasteiger partial charge is 0.385 e. The molecule has 1 saturated heterocycles. The van der Waals surface area contributed by atoms with E-state index in [1.54, 1.807) is 4.90 Å². The second kappa shape index (κ2) is 12.4. The van der Waals surface area contributed by atoms with Crippen molar-refractivity contribution in [3.63, 3.8) is 0 Å². The second-order valence-electron chi connectivity index (χ2n) is 11.8. The lowest BCUT2D eigenvalue weighted by Gasteiger charge is -2.39. The number of piperidine rings is 1. The number of aryl methyl sites for hydroxylation is 1. The summed E-state index contributed by atoms with van der Waals surface area (Å²) in [6.07, 6.45) is 2.78. The predicted octanol–water partition coefficient (Wildman–Crippen LogP) is 5.34. The van der Waals surface area contributed by atoms with Crippen molar-refractivity contribution in [2.24, 2.45) is 0 Å². The zero-order valence-electron chi connectivity index (χ0n) is 24.9. The molecule has 1 aromatic heterocycles. The first-order valence-corrected chi connectivity index (χ1v) is 14.6. The zero-order chi connectivity index (χ0) is 29.9. The number of carbonyl (C=O) groups excluding carboxylic acids is 2. The smallest absolute Gasteiger partial charge is 0.318 e. The first kappa shape index (κ1) is 29.4. The van der Waals surface area contributed by atoms with E-state index in [9.17, 15) is 14.7 Å². The van der Waals surface area contributed by atoms with Gasteiger partial charge < -0.3 is 30.5 Å². The van der Waals surface area contributed by atoms with Crippen LogP contribution in [0.5, 0.6) is 0 Å². The number of aromatic amines is 1. The molecule has 8 nitrogen and oxygen atoms in total. The molecule has 3 amide bonds. The number of aliphatic hydroxyl groups is 1. The lowest BCUT2D eigenvalue weighted by Crippen LogP contribution is -2.54. The molecule has 5 rings (SSSR count). The Kier molecular flexibility index (Phi) is 8.66. The molecule has 4 aromatic rings. The average molecular weight is 568 g/mol. The molecule has 2 atom stereocenters. The molecule has 8 heteroatoms. The van der Waals surface area contributed by atoms with Crippen LogP contribution in [0.3, 0.4) is 0 Å². The summed E-state index contributed by atoms with van der Waals surface area (Å²) in [6.45, 7) is 5.49. The number of hydrogen-bond donors (Lipinski definition) is 4. The Morgan fingerprint density at radius 2 is 1.74 bits per heavy atom. The highest BCUT2D eigenvalue weighted by atomic mass is 16.3. The number of hydrogen-bond acceptors (Lipinski definition) is 4. The van der Waals surface area contributed by atoms with Gasteiger partial charge in [0.15, 0.2) is 0 Å². The summed E-state index contributed by atoms with van der Waals surface area (Å²) in [4.78, 5) is 34.6. The Hall–Kier alpha value is -4.14. The number of urea groups is 1. The van der Waals surface area contributed by atoms with Gasteiger partial charge in [-0.05, 0) is 74.3 Å². The number of likely N-dealkylation sites (tertiary alicyclic amines) is 1. The van der Waals surface area contributed by atoms with Crippen LogP contribution in [-0.4, -0.2) is 65.1 Å². The highest BCUT2D eigenvalue weighted by Gasteiger charge is 2.38. The number of anilines is 1. The highest BCUT2D eigenvalue weighted by Crippen LogP contribution is 2.35. The predicted molar refractivity (Wildman–Crippen MR) is 167 cm³/mol. The number of rotatable bonds is 8. The van der Waals surface area contributed by atoms with E-state index in [0.717, 1.165) is 39.7 Å². The van der Waals surface area contributed by atoms with Crippen LogP contribution in [0.4, 0.5) is 10.5 Å². The minimum absolute atomic E-state index is 0.281. The van der Waals surface area contributed by atoms with Crippen LogP contribution < -0.4 is 10.6 Å². The van der Waals surface area contributed by atoms with Crippen LogP contribution in [0, 0.1) is 6.92 Å². The average Bonchev–Trinajstić information content (AvgIpc) is 3.40. The van der Waals surface area contributed by atoms with E-state index in [1.807, 2.05) is 107 Å². The van der Waals surface area contributed by atoms with Crippen molar-refractivity contribution in [3.8, 4) is 0 Å². The van der Waals surface area contributed by atoms with Gasteiger partial charge in [0.25, 0.3) is 0 Å². The Labute approximate surface area is 247 Å². The summed E-state index contributed by atoms with van der Waals surface area (Å²) < 4.78 is 0. The highest BCUT2D eigenvalue weighted by molar-refractivity contribution is 5.98. The Morgan fingerprint density at radius 1 is 1.02 bits per heavy atom. The van der Waals surface area contributed by atoms with Gasteiger partial charge >= 0.3 is 6.03 Å². The number of H-pyrrole nitrogens is 1. The molecule has 4 N–H and O–H groups in total. The number of nitrogens with one attached hydrogen (secondary N) is 3. The quantitative estimate of drug-likeness (QED) is 0.231. The standard InChI is InChI=1S/C34H41N5O3/c1-23-10-5-7-14-29(23)34(42)16-18-39(19-17-34)33(41)37-31(24(2)28-21-35-30-15-8-6-13-27(28)30)32(40)36-26-12-9-11-25(20-26)22-38(3)4/h5-15,20-21,24,31,35,42H,16-19,22H2,1-4H3,(H,36,40)(H,37,41)/t24-,31+/m0/s1. The van der Waals surface area contributed by atoms with Crippen molar-refractivity contribution in [1.29, 1.82) is 0 Å². The van der Waals surface area contributed by atoms with Gasteiger partial charge in [-0.1, -0.05) is 61.5 Å². The number of amides is 3. The van der Waals surface area contributed by atoms with Crippen LogP contribution in [-0.2, 0) is 16.9 Å². The van der Waals surface area contributed by atoms with E-state index in [1.165, 1.54) is 0 Å². The monoisotopic (exact) mass is 567 g/mol. The van der Waals surface area contributed by atoms with Gasteiger partial charge in [-0.25, -0.2) is 4.79 Å². The van der Waals surface area contributed by atoms with Crippen molar-refractivity contribution in [3.05, 3.63) is 101 Å². The number of benzene rings is 3. The van der Waals surface area contributed by atoms with E-state index in [2.05, 4.69) is 20.5 Å². The third-order valence-corrected chi connectivity index (χ3v) is 8.39. The third-order valence-electron chi connectivity index (χ3n) is 8.39. The second-order valence-corrected chi connectivity index (χ2v) is 11.8. The molecule has 0 unspecified atom stereocenters. The summed E-state index contributed by atoms with van der Waals surface area (Å²) in [5.41, 5.74) is 4.67. The van der Waals surface area contributed by atoms with Crippen LogP contribution in [0.1, 0.15) is 47.9 Å². The van der Waals surface area contributed by atoms with Crippen molar-refractivity contribution >= 4 is 28.5 Å². The first-order chi connectivity index (χ1) is 20.1. The van der Waals surface area contributed by atoms with Crippen molar-refractivity contribution in [2.75, 3.05) is 32.5 Å². The molecule has 220 valence electrons. The van der Waals surface area contributed by atoms with E-state index in [-0.39, 0.29) is 17.9 Å². The molecule has 0 aliphatic carbocycles. The topological polar surface area (TPSA) is 101 Å². The molecule has 42 heavy (non-hydrogen) atoms. The molecule has 1 aliphatic heterocycles.